The van der Waals surface area contributed by atoms with E-state index >= 15 is 0 Å². The molecule has 0 radical (unpaired) electrons. The fourth-order valence-corrected chi connectivity index (χ4v) is 13.8. The Kier molecular flexibility index (Phi) is 8.92. The topological polar surface area (TPSA) is 32.8 Å². The number of fused-ring (bicyclic) bond motifs is 12. The van der Waals surface area contributed by atoms with Gasteiger partial charge in [0.15, 0.2) is 11.2 Å². The second-order valence-electron chi connectivity index (χ2n) is 20.6. The summed E-state index contributed by atoms with van der Waals surface area (Å²) in [5, 5.41) is 12.2. The Balaban J connectivity index is 0.923. The molecule has 12 aromatic rings. The molecular formula is C62H50N2O2Si2. The van der Waals surface area contributed by atoms with E-state index in [1.54, 1.807) is 0 Å². The van der Waals surface area contributed by atoms with Crippen molar-refractivity contribution in [3.8, 4) is 22.3 Å². The predicted octanol–water partition coefficient (Wildman–Crippen LogP) is 17.5. The number of rotatable bonds is 8. The Morgan fingerprint density at radius 3 is 1.03 bits per heavy atom. The Morgan fingerprint density at radius 1 is 0.294 bits per heavy atom. The van der Waals surface area contributed by atoms with Gasteiger partial charge in [-0.1, -0.05) is 148 Å². The van der Waals surface area contributed by atoms with Crippen LogP contribution >= 0.6 is 0 Å². The molecule has 0 saturated heterocycles. The van der Waals surface area contributed by atoms with Crippen molar-refractivity contribution in [2.75, 3.05) is 9.80 Å². The van der Waals surface area contributed by atoms with Crippen LogP contribution in [0.5, 0.6) is 0 Å². The van der Waals surface area contributed by atoms with Crippen LogP contribution in [0.2, 0.25) is 39.3 Å². The molecule has 2 aromatic heterocycles. The van der Waals surface area contributed by atoms with Crippen LogP contribution in [0.3, 0.4) is 0 Å². The number of benzene rings is 10. The lowest BCUT2D eigenvalue weighted by Crippen LogP contribution is -2.37. The normalized spacial score (nSPS) is 12.6. The molecule has 0 bridgehead atoms. The minimum absolute atomic E-state index is 0.908. The maximum absolute atomic E-state index is 6.98. The van der Waals surface area contributed by atoms with Gasteiger partial charge >= 0.3 is 0 Å². The first-order valence-corrected chi connectivity index (χ1v) is 30.7. The largest absolute Gasteiger partial charge is 0.454 e. The van der Waals surface area contributed by atoms with E-state index in [9.17, 15) is 0 Å². The van der Waals surface area contributed by atoms with Crippen molar-refractivity contribution >= 4 is 126 Å². The molecule has 0 aliphatic heterocycles. The Morgan fingerprint density at radius 2 is 0.647 bits per heavy atom. The summed E-state index contributed by atoms with van der Waals surface area (Å²) >= 11 is 0. The zero-order valence-corrected chi connectivity index (χ0v) is 41.2. The smallest absolute Gasteiger partial charge is 0.159 e. The van der Waals surface area contributed by atoms with Crippen molar-refractivity contribution in [3.63, 3.8) is 0 Å². The SMILES string of the molecule is C[Si](C)(C)c1cccc2c1oc1c(N(c3ccccc3)c3ccc4cc5c(cc4c3)-c3cc4cc(N(c6ccccc6)c6cccc7c6oc6c([Si](C)(C)C)cccc67)ccc4cc3-5)cccc12. The molecule has 0 amide bonds. The number of anilines is 6. The van der Waals surface area contributed by atoms with Gasteiger partial charge in [0.05, 0.1) is 27.5 Å². The lowest BCUT2D eigenvalue weighted by molar-refractivity contribution is 0.671. The molecule has 0 atom stereocenters. The molecule has 0 fully saturated rings. The van der Waals surface area contributed by atoms with Crippen molar-refractivity contribution in [3.05, 3.63) is 194 Å². The summed E-state index contributed by atoms with van der Waals surface area (Å²) in [4.78, 5) is 4.71. The fraction of sp³-hybridized carbons (Fsp3) is 0.0968. The van der Waals surface area contributed by atoms with Crippen molar-refractivity contribution in [1.29, 1.82) is 0 Å². The van der Waals surface area contributed by atoms with Gasteiger partial charge in [0.2, 0.25) is 0 Å². The monoisotopic (exact) mass is 910 g/mol. The van der Waals surface area contributed by atoms with Gasteiger partial charge in [0.1, 0.15) is 11.2 Å². The first-order chi connectivity index (χ1) is 33.0. The highest BCUT2D eigenvalue weighted by Crippen LogP contribution is 2.52. The van der Waals surface area contributed by atoms with Crippen molar-refractivity contribution in [2.24, 2.45) is 0 Å². The summed E-state index contributed by atoms with van der Waals surface area (Å²) in [6.45, 7) is 14.3. The number of para-hydroxylation sites is 6. The first kappa shape index (κ1) is 40.6. The zero-order chi connectivity index (χ0) is 46.1. The predicted molar refractivity (Wildman–Crippen MR) is 296 cm³/mol. The number of nitrogens with zero attached hydrogens (tertiary/aromatic N) is 2. The summed E-state index contributed by atoms with van der Waals surface area (Å²) in [7, 11) is -3.36. The van der Waals surface area contributed by atoms with Crippen molar-refractivity contribution in [2.45, 2.75) is 39.3 Å². The van der Waals surface area contributed by atoms with Crippen LogP contribution in [0.1, 0.15) is 0 Å². The summed E-state index contributed by atoms with van der Waals surface area (Å²) in [5.41, 5.74) is 15.4. The van der Waals surface area contributed by atoms with Crippen molar-refractivity contribution in [1.82, 2.24) is 0 Å². The van der Waals surface area contributed by atoms with Crippen molar-refractivity contribution < 1.29 is 8.83 Å². The molecule has 13 rings (SSSR count). The van der Waals surface area contributed by atoms with Gasteiger partial charge in [-0.05, 0) is 139 Å². The molecule has 0 spiro atoms. The van der Waals surface area contributed by atoms with E-state index < -0.39 is 16.1 Å². The average molecular weight is 911 g/mol. The fourth-order valence-electron chi connectivity index (χ4n) is 10.8. The van der Waals surface area contributed by atoms with E-state index in [1.165, 1.54) is 64.9 Å². The summed E-state index contributed by atoms with van der Waals surface area (Å²) < 4.78 is 14.0. The maximum Gasteiger partial charge on any atom is 0.159 e. The van der Waals surface area contributed by atoms with E-state index in [0.29, 0.717) is 0 Å². The lowest BCUT2D eigenvalue weighted by atomic mass is 9.78. The highest BCUT2D eigenvalue weighted by atomic mass is 28.3. The standard InChI is InChI=1S/C62H50N2O2Si2/c1-67(2,3)57-27-15-23-49-47-21-13-25-55(59(47)65-61(49)57)63(43-17-9-7-10-18-43)45-31-29-39-35-51-52-36-40-30-32-46(34-42(40)38-54(52)53(51)37-41(39)33-45)64(44-19-11-8-12-20-44)56-26-14-22-48-50-24-16-28-58(68(4,5)6)62(50)66-60(48)56/h7-38H,1-6H3. The van der Waals surface area contributed by atoms with E-state index in [2.05, 4.69) is 243 Å². The van der Waals surface area contributed by atoms with Crippen LogP contribution in [-0.2, 0) is 0 Å². The molecule has 328 valence electrons. The molecule has 0 N–H and O–H groups in total. The van der Waals surface area contributed by atoms with Gasteiger partial charge in [0.25, 0.3) is 0 Å². The minimum atomic E-state index is -1.68. The molecule has 1 aliphatic rings. The third kappa shape index (κ3) is 6.31. The molecule has 1 aliphatic carbocycles. The van der Waals surface area contributed by atoms with Crippen LogP contribution < -0.4 is 20.2 Å². The molecular weight excluding hydrogens is 861 g/mol. The van der Waals surface area contributed by atoms with Gasteiger partial charge < -0.3 is 18.6 Å². The molecule has 0 unspecified atom stereocenters. The second-order valence-corrected chi connectivity index (χ2v) is 30.7. The molecule has 68 heavy (non-hydrogen) atoms. The van der Waals surface area contributed by atoms with Crippen LogP contribution in [0.15, 0.2) is 203 Å². The first-order valence-electron chi connectivity index (χ1n) is 23.7. The second kappa shape index (κ2) is 14.9. The average Bonchev–Trinajstić information content (AvgIpc) is 3.93. The molecule has 0 saturated carbocycles. The Labute approximate surface area is 398 Å². The zero-order valence-electron chi connectivity index (χ0n) is 39.2. The van der Waals surface area contributed by atoms with Gasteiger partial charge in [0, 0.05) is 44.3 Å². The van der Waals surface area contributed by atoms with Gasteiger partial charge in [-0.2, -0.15) is 0 Å². The molecule has 6 heteroatoms. The van der Waals surface area contributed by atoms with Crippen LogP contribution in [-0.4, -0.2) is 16.1 Å². The highest BCUT2D eigenvalue weighted by Gasteiger charge is 2.29. The minimum Gasteiger partial charge on any atom is -0.454 e. The number of hydrogen-bond acceptors (Lipinski definition) is 4. The Bertz CT molecular complexity index is 3740. The molecule has 10 aromatic carbocycles. The molecule has 4 nitrogen and oxygen atoms in total. The van der Waals surface area contributed by atoms with E-state index in [1.807, 2.05) is 0 Å². The third-order valence-electron chi connectivity index (χ3n) is 14.2. The maximum atomic E-state index is 6.98. The molecule has 2 heterocycles. The lowest BCUT2D eigenvalue weighted by Gasteiger charge is -2.28. The van der Waals surface area contributed by atoms with Gasteiger partial charge in [-0.25, -0.2) is 0 Å². The van der Waals surface area contributed by atoms with Crippen LogP contribution in [0, 0.1) is 0 Å². The number of hydrogen-bond donors (Lipinski definition) is 0. The highest BCUT2D eigenvalue weighted by molar-refractivity contribution is 6.90. The summed E-state index contributed by atoms with van der Waals surface area (Å²) in [6.07, 6.45) is 0. The summed E-state index contributed by atoms with van der Waals surface area (Å²) in [5.74, 6) is 0. The quantitative estimate of drug-likeness (QED) is 0.142. The third-order valence-corrected chi connectivity index (χ3v) is 18.2. The van der Waals surface area contributed by atoms with Crippen LogP contribution in [0.4, 0.5) is 34.1 Å². The van der Waals surface area contributed by atoms with Gasteiger partial charge in [-0.3, -0.25) is 0 Å². The Hall–Kier alpha value is -7.65. The van der Waals surface area contributed by atoms with Gasteiger partial charge in [-0.15, -0.1) is 0 Å². The number of furan rings is 2. The van der Waals surface area contributed by atoms with E-state index in [4.69, 9.17) is 8.83 Å². The van der Waals surface area contributed by atoms with E-state index in [0.717, 1.165) is 67.2 Å². The van der Waals surface area contributed by atoms with Crippen LogP contribution in [0.25, 0.3) is 87.7 Å². The summed E-state index contributed by atoms with van der Waals surface area (Å²) in [6, 6.07) is 71.1. The van der Waals surface area contributed by atoms with E-state index in [-0.39, 0.29) is 0 Å².